The molecule has 2 amide bonds. The van der Waals surface area contributed by atoms with Crippen molar-refractivity contribution in [2.75, 3.05) is 11.9 Å². The number of thiazole rings is 1. The Labute approximate surface area is 162 Å². The van der Waals surface area contributed by atoms with E-state index in [0.717, 1.165) is 16.8 Å². The number of carbonyl (C=O) groups excluding carboxylic acids is 1. The fourth-order valence-corrected chi connectivity index (χ4v) is 4.38. The minimum Gasteiger partial charge on any atom is -0.338 e. The average molecular weight is 398 g/mol. The minimum absolute atomic E-state index is 0.233. The Morgan fingerprint density at radius 3 is 2.85 bits per heavy atom. The summed E-state index contributed by atoms with van der Waals surface area (Å²) >= 11 is 2.74. The van der Waals surface area contributed by atoms with Crippen LogP contribution in [0.15, 0.2) is 47.3 Å². The molecule has 0 atom stereocenters. The van der Waals surface area contributed by atoms with Crippen LogP contribution in [0.4, 0.5) is 14.3 Å². The van der Waals surface area contributed by atoms with Gasteiger partial charge in [0, 0.05) is 23.9 Å². The SMILES string of the molecule is CCNC(=O)Nc1nc2c(F)c(-c3ccsc3)cc(-c3ccccn3)c2s1. The van der Waals surface area contributed by atoms with Crippen molar-refractivity contribution in [2.24, 2.45) is 0 Å². The van der Waals surface area contributed by atoms with Gasteiger partial charge in [-0.15, -0.1) is 0 Å². The molecular weight excluding hydrogens is 383 g/mol. The van der Waals surface area contributed by atoms with Crippen molar-refractivity contribution in [1.29, 1.82) is 0 Å². The lowest BCUT2D eigenvalue weighted by atomic mass is 10.0. The summed E-state index contributed by atoms with van der Waals surface area (Å²) in [4.78, 5) is 20.6. The summed E-state index contributed by atoms with van der Waals surface area (Å²) in [7, 11) is 0. The van der Waals surface area contributed by atoms with Gasteiger partial charge in [-0.1, -0.05) is 17.4 Å². The van der Waals surface area contributed by atoms with Crippen molar-refractivity contribution >= 4 is 44.1 Å². The van der Waals surface area contributed by atoms with Crippen LogP contribution in [-0.4, -0.2) is 22.5 Å². The molecule has 0 aliphatic heterocycles. The van der Waals surface area contributed by atoms with Gasteiger partial charge in [0.2, 0.25) is 0 Å². The van der Waals surface area contributed by atoms with Crippen LogP contribution in [0.5, 0.6) is 0 Å². The number of urea groups is 1. The van der Waals surface area contributed by atoms with Gasteiger partial charge in [0.25, 0.3) is 0 Å². The number of aromatic nitrogens is 2. The predicted octanol–water partition coefficient (Wildman–Crippen LogP) is 5.37. The Morgan fingerprint density at radius 1 is 1.26 bits per heavy atom. The molecule has 5 nitrogen and oxygen atoms in total. The molecule has 0 saturated carbocycles. The maximum atomic E-state index is 15.2. The van der Waals surface area contributed by atoms with E-state index in [2.05, 4.69) is 20.6 Å². The van der Waals surface area contributed by atoms with Crippen LogP contribution >= 0.6 is 22.7 Å². The Hall–Kier alpha value is -2.84. The van der Waals surface area contributed by atoms with Crippen molar-refractivity contribution in [1.82, 2.24) is 15.3 Å². The van der Waals surface area contributed by atoms with Crippen molar-refractivity contribution in [3.63, 3.8) is 0 Å². The molecule has 0 spiro atoms. The second kappa shape index (κ2) is 7.42. The summed E-state index contributed by atoms with van der Waals surface area (Å²) in [5.41, 5.74) is 3.01. The van der Waals surface area contributed by atoms with Gasteiger partial charge in [-0.3, -0.25) is 10.3 Å². The molecule has 8 heteroatoms. The van der Waals surface area contributed by atoms with Gasteiger partial charge in [0.05, 0.1) is 10.4 Å². The third kappa shape index (κ3) is 3.41. The van der Waals surface area contributed by atoms with E-state index in [4.69, 9.17) is 0 Å². The topological polar surface area (TPSA) is 66.9 Å². The highest BCUT2D eigenvalue weighted by Crippen LogP contribution is 2.40. The normalized spacial score (nSPS) is 10.9. The average Bonchev–Trinajstić information content (AvgIpc) is 3.33. The first kappa shape index (κ1) is 17.6. The molecule has 4 rings (SSSR count). The van der Waals surface area contributed by atoms with E-state index in [1.54, 1.807) is 12.3 Å². The molecule has 27 heavy (non-hydrogen) atoms. The number of thiophene rings is 1. The predicted molar refractivity (Wildman–Crippen MR) is 109 cm³/mol. The van der Waals surface area contributed by atoms with E-state index in [-0.39, 0.29) is 11.5 Å². The molecular formula is C19H15FN4OS2. The van der Waals surface area contributed by atoms with Crippen LogP contribution in [0.25, 0.3) is 32.6 Å². The van der Waals surface area contributed by atoms with Gasteiger partial charge in [-0.25, -0.2) is 14.2 Å². The number of hydrogen-bond donors (Lipinski definition) is 2. The molecule has 4 aromatic rings. The molecule has 0 aliphatic rings. The van der Waals surface area contributed by atoms with E-state index in [9.17, 15) is 4.79 Å². The number of benzene rings is 1. The van der Waals surface area contributed by atoms with Crippen molar-refractivity contribution in [2.45, 2.75) is 6.92 Å². The summed E-state index contributed by atoms with van der Waals surface area (Å²) in [6, 6.07) is 8.90. The maximum absolute atomic E-state index is 15.2. The van der Waals surface area contributed by atoms with E-state index in [0.29, 0.717) is 21.9 Å². The van der Waals surface area contributed by atoms with Gasteiger partial charge < -0.3 is 5.32 Å². The van der Waals surface area contributed by atoms with E-state index >= 15 is 4.39 Å². The van der Waals surface area contributed by atoms with Crippen LogP contribution in [0.3, 0.4) is 0 Å². The molecule has 1 aromatic carbocycles. The number of pyridine rings is 1. The summed E-state index contributed by atoms with van der Waals surface area (Å²) in [6.07, 6.45) is 1.70. The smallest absolute Gasteiger partial charge is 0.321 e. The zero-order valence-electron chi connectivity index (χ0n) is 14.3. The summed E-state index contributed by atoms with van der Waals surface area (Å²) in [5, 5.41) is 9.45. The zero-order valence-corrected chi connectivity index (χ0v) is 16.0. The molecule has 3 aromatic heterocycles. The Bertz CT molecular complexity index is 1090. The first-order valence-electron chi connectivity index (χ1n) is 8.29. The van der Waals surface area contributed by atoms with Gasteiger partial charge in [-0.05, 0) is 47.5 Å². The third-order valence-electron chi connectivity index (χ3n) is 3.94. The number of nitrogens with one attached hydrogen (secondary N) is 2. The highest BCUT2D eigenvalue weighted by atomic mass is 32.1. The van der Waals surface area contributed by atoms with Crippen LogP contribution in [0, 0.1) is 5.82 Å². The molecule has 0 unspecified atom stereocenters. The van der Waals surface area contributed by atoms with Crippen LogP contribution in [0.1, 0.15) is 6.92 Å². The number of nitrogens with zero attached hydrogens (tertiary/aromatic N) is 2. The molecule has 2 N–H and O–H groups in total. The number of fused-ring (bicyclic) bond motifs is 1. The number of anilines is 1. The zero-order chi connectivity index (χ0) is 18.8. The molecule has 136 valence electrons. The van der Waals surface area contributed by atoms with Crippen LogP contribution in [-0.2, 0) is 0 Å². The molecule has 0 saturated heterocycles. The van der Waals surface area contributed by atoms with Crippen molar-refractivity contribution < 1.29 is 9.18 Å². The number of carbonyl (C=O) groups is 1. The van der Waals surface area contributed by atoms with Crippen LogP contribution in [0.2, 0.25) is 0 Å². The molecule has 0 fully saturated rings. The monoisotopic (exact) mass is 398 g/mol. The highest BCUT2D eigenvalue weighted by Gasteiger charge is 2.20. The van der Waals surface area contributed by atoms with Crippen molar-refractivity contribution in [3.05, 3.63) is 53.1 Å². The van der Waals surface area contributed by atoms with Gasteiger partial charge in [0.15, 0.2) is 10.9 Å². The maximum Gasteiger partial charge on any atom is 0.321 e. The standard InChI is InChI=1S/C19H15FN4OS2/c1-2-21-18(25)24-19-23-16-15(20)12(11-6-8-26-10-11)9-13(17(16)27-19)14-5-3-4-7-22-14/h3-10H,2H2,1H3,(H2,21,23,24,25). The van der Waals surface area contributed by atoms with E-state index < -0.39 is 5.82 Å². The Kier molecular flexibility index (Phi) is 4.83. The first-order valence-corrected chi connectivity index (χ1v) is 10.0. The fourth-order valence-electron chi connectivity index (χ4n) is 2.75. The quantitative estimate of drug-likeness (QED) is 0.486. The largest absolute Gasteiger partial charge is 0.338 e. The second-order valence-electron chi connectivity index (χ2n) is 5.69. The van der Waals surface area contributed by atoms with Gasteiger partial charge in [0.1, 0.15) is 5.52 Å². The summed E-state index contributed by atoms with van der Waals surface area (Å²) < 4.78 is 15.9. The molecule has 0 bridgehead atoms. The fraction of sp³-hybridized carbons (Fsp3) is 0.105. The molecule has 3 heterocycles. The Morgan fingerprint density at radius 2 is 2.15 bits per heavy atom. The summed E-state index contributed by atoms with van der Waals surface area (Å²) in [5.74, 6) is -0.400. The first-order chi connectivity index (χ1) is 13.2. The Balaban J connectivity index is 1.92. The lowest BCUT2D eigenvalue weighted by Crippen LogP contribution is -2.28. The lowest BCUT2D eigenvalue weighted by Gasteiger charge is -2.07. The molecule has 0 radical (unpaired) electrons. The van der Waals surface area contributed by atoms with Crippen molar-refractivity contribution in [3.8, 4) is 22.4 Å². The summed E-state index contributed by atoms with van der Waals surface area (Å²) in [6.45, 7) is 2.32. The van der Waals surface area contributed by atoms with Crippen LogP contribution < -0.4 is 10.6 Å². The van der Waals surface area contributed by atoms with Gasteiger partial charge in [-0.2, -0.15) is 11.3 Å². The number of hydrogen-bond acceptors (Lipinski definition) is 5. The number of amides is 2. The molecule has 0 aliphatic carbocycles. The van der Waals surface area contributed by atoms with E-state index in [1.807, 2.05) is 41.9 Å². The highest BCUT2D eigenvalue weighted by molar-refractivity contribution is 7.22. The number of rotatable bonds is 4. The second-order valence-corrected chi connectivity index (χ2v) is 7.47. The van der Waals surface area contributed by atoms with E-state index in [1.165, 1.54) is 22.7 Å². The minimum atomic E-state index is -0.400. The third-order valence-corrected chi connectivity index (χ3v) is 5.62. The lowest BCUT2D eigenvalue weighted by molar-refractivity contribution is 0.252. The van der Waals surface area contributed by atoms with Gasteiger partial charge >= 0.3 is 6.03 Å². The number of halogens is 1.